The van der Waals surface area contributed by atoms with Crippen molar-refractivity contribution in [2.75, 3.05) is 39.9 Å². The minimum atomic E-state index is 0.666. The number of benzene rings is 1. The van der Waals surface area contributed by atoms with Crippen molar-refractivity contribution in [1.82, 2.24) is 10.2 Å². The van der Waals surface area contributed by atoms with E-state index in [-0.39, 0.29) is 0 Å². The Labute approximate surface area is 122 Å². The standard InChI is InChI=1S/C16H26N2O2/c1-3-18-11-6-7-14(18)13-17-10-12-20-16-9-5-4-8-15(16)19-2/h4-5,8-9,14,17H,3,6-7,10-13H2,1-2H3. The van der Waals surface area contributed by atoms with Gasteiger partial charge in [0.25, 0.3) is 0 Å². The lowest BCUT2D eigenvalue weighted by atomic mass is 10.2. The molecule has 1 aliphatic rings. The lowest BCUT2D eigenvalue weighted by Crippen LogP contribution is -2.38. The van der Waals surface area contributed by atoms with Crippen LogP contribution < -0.4 is 14.8 Å². The number of rotatable bonds is 8. The van der Waals surface area contributed by atoms with Gasteiger partial charge in [0.05, 0.1) is 7.11 Å². The van der Waals surface area contributed by atoms with E-state index in [1.165, 1.54) is 19.4 Å². The predicted octanol–water partition coefficient (Wildman–Crippen LogP) is 2.15. The Morgan fingerprint density at radius 2 is 2.10 bits per heavy atom. The fourth-order valence-corrected chi connectivity index (χ4v) is 2.78. The molecule has 0 spiro atoms. The molecule has 1 aromatic carbocycles. The van der Waals surface area contributed by atoms with Crippen LogP contribution in [0, 0.1) is 0 Å². The molecule has 0 amide bonds. The van der Waals surface area contributed by atoms with Crippen LogP contribution in [0.3, 0.4) is 0 Å². The number of likely N-dealkylation sites (N-methyl/N-ethyl adjacent to an activating group) is 1. The van der Waals surface area contributed by atoms with E-state index in [4.69, 9.17) is 9.47 Å². The van der Waals surface area contributed by atoms with Crippen molar-refractivity contribution in [3.63, 3.8) is 0 Å². The van der Waals surface area contributed by atoms with Crippen molar-refractivity contribution in [3.05, 3.63) is 24.3 Å². The van der Waals surface area contributed by atoms with Crippen molar-refractivity contribution in [1.29, 1.82) is 0 Å². The lowest BCUT2D eigenvalue weighted by Gasteiger charge is -2.23. The fraction of sp³-hybridized carbons (Fsp3) is 0.625. The Kier molecular flexibility index (Phi) is 6.15. The Hall–Kier alpha value is -1.26. The molecule has 1 aliphatic heterocycles. The molecule has 2 rings (SSSR count). The molecule has 1 fully saturated rings. The van der Waals surface area contributed by atoms with Crippen LogP contribution in [0.4, 0.5) is 0 Å². The molecule has 0 radical (unpaired) electrons. The summed E-state index contributed by atoms with van der Waals surface area (Å²) in [7, 11) is 1.67. The maximum Gasteiger partial charge on any atom is 0.161 e. The SMILES string of the molecule is CCN1CCCC1CNCCOc1ccccc1OC. The van der Waals surface area contributed by atoms with Crippen molar-refractivity contribution in [3.8, 4) is 11.5 Å². The van der Waals surface area contributed by atoms with Crippen LogP contribution in [0.25, 0.3) is 0 Å². The second-order valence-electron chi connectivity index (χ2n) is 5.13. The van der Waals surface area contributed by atoms with Crippen LogP contribution in [0.5, 0.6) is 11.5 Å². The summed E-state index contributed by atoms with van der Waals surface area (Å²) in [5.74, 6) is 1.60. The number of nitrogens with one attached hydrogen (secondary N) is 1. The van der Waals surface area contributed by atoms with E-state index < -0.39 is 0 Å². The molecule has 4 nitrogen and oxygen atoms in total. The van der Waals surface area contributed by atoms with Crippen LogP contribution in [0.1, 0.15) is 19.8 Å². The van der Waals surface area contributed by atoms with E-state index in [2.05, 4.69) is 17.1 Å². The molecule has 1 atom stereocenters. The molecule has 20 heavy (non-hydrogen) atoms. The first kappa shape index (κ1) is 15.1. The molecular weight excluding hydrogens is 252 g/mol. The van der Waals surface area contributed by atoms with Gasteiger partial charge in [-0.15, -0.1) is 0 Å². The third kappa shape index (κ3) is 4.12. The van der Waals surface area contributed by atoms with Crippen molar-refractivity contribution in [2.24, 2.45) is 0 Å². The number of hydrogen-bond acceptors (Lipinski definition) is 4. The average Bonchev–Trinajstić information content (AvgIpc) is 2.95. The van der Waals surface area contributed by atoms with Gasteiger partial charge in [-0.25, -0.2) is 0 Å². The van der Waals surface area contributed by atoms with Crippen LogP contribution in [-0.2, 0) is 0 Å². The molecule has 0 aliphatic carbocycles. The molecular formula is C16H26N2O2. The molecule has 1 N–H and O–H groups in total. The third-order valence-corrected chi connectivity index (χ3v) is 3.89. The maximum atomic E-state index is 5.74. The van der Waals surface area contributed by atoms with E-state index in [9.17, 15) is 0 Å². The average molecular weight is 278 g/mol. The Balaban J connectivity index is 1.64. The second kappa shape index (κ2) is 8.12. The number of hydrogen-bond donors (Lipinski definition) is 1. The summed E-state index contributed by atoms with van der Waals surface area (Å²) >= 11 is 0. The zero-order valence-corrected chi connectivity index (χ0v) is 12.6. The predicted molar refractivity (Wildman–Crippen MR) is 81.6 cm³/mol. The van der Waals surface area contributed by atoms with Crippen LogP contribution in [-0.4, -0.2) is 50.8 Å². The molecule has 1 heterocycles. The maximum absolute atomic E-state index is 5.74. The first-order valence-corrected chi connectivity index (χ1v) is 7.55. The number of methoxy groups -OCH3 is 1. The molecule has 1 aromatic rings. The largest absolute Gasteiger partial charge is 0.493 e. The van der Waals surface area contributed by atoms with Gasteiger partial charge >= 0.3 is 0 Å². The van der Waals surface area contributed by atoms with Gasteiger partial charge < -0.3 is 14.8 Å². The van der Waals surface area contributed by atoms with Gasteiger partial charge in [-0.3, -0.25) is 4.90 Å². The lowest BCUT2D eigenvalue weighted by molar-refractivity contribution is 0.249. The molecule has 1 saturated heterocycles. The third-order valence-electron chi connectivity index (χ3n) is 3.89. The van der Waals surface area contributed by atoms with Crippen molar-refractivity contribution >= 4 is 0 Å². The zero-order chi connectivity index (χ0) is 14.2. The molecule has 1 unspecified atom stereocenters. The normalized spacial score (nSPS) is 19.2. The number of nitrogens with zero attached hydrogens (tertiary/aromatic N) is 1. The summed E-state index contributed by atoms with van der Waals surface area (Å²) < 4.78 is 11.0. The first-order valence-electron chi connectivity index (χ1n) is 7.55. The Morgan fingerprint density at radius 1 is 1.30 bits per heavy atom. The van der Waals surface area contributed by atoms with E-state index in [1.54, 1.807) is 7.11 Å². The van der Waals surface area contributed by atoms with Gasteiger partial charge in [0.2, 0.25) is 0 Å². The summed E-state index contributed by atoms with van der Waals surface area (Å²) in [4.78, 5) is 2.55. The van der Waals surface area contributed by atoms with Gasteiger partial charge in [-0.2, -0.15) is 0 Å². The van der Waals surface area contributed by atoms with Gasteiger partial charge in [0.15, 0.2) is 11.5 Å². The summed E-state index contributed by atoms with van der Waals surface area (Å²) in [5.41, 5.74) is 0. The van der Waals surface area contributed by atoms with E-state index in [0.717, 1.165) is 31.1 Å². The van der Waals surface area contributed by atoms with Gasteiger partial charge in [-0.05, 0) is 38.1 Å². The van der Waals surface area contributed by atoms with Gasteiger partial charge in [0, 0.05) is 19.1 Å². The van der Waals surface area contributed by atoms with Crippen molar-refractivity contribution in [2.45, 2.75) is 25.8 Å². The monoisotopic (exact) mass is 278 g/mol. The minimum absolute atomic E-state index is 0.666. The zero-order valence-electron chi connectivity index (χ0n) is 12.6. The number of likely N-dealkylation sites (tertiary alicyclic amines) is 1. The first-order chi connectivity index (χ1) is 9.85. The summed E-state index contributed by atoms with van der Waals surface area (Å²) in [6, 6.07) is 8.47. The van der Waals surface area contributed by atoms with Crippen LogP contribution >= 0.6 is 0 Å². The summed E-state index contributed by atoms with van der Waals surface area (Å²) in [6.07, 6.45) is 2.64. The number of para-hydroxylation sites is 2. The molecule has 0 bridgehead atoms. The number of ether oxygens (including phenoxy) is 2. The highest BCUT2D eigenvalue weighted by Crippen LogP contribution is 2.25. The Bertz CT molecular complexity index is 398. The van der Waals surface area contributed by atoms with E-state index in [0.29, 0.717) is 12.6 Å². The highest BCUT2D eigenvalue weighted by molar-refractivity contribution is 5.39. The summed E-state index contributed by atoms with van der Waals surface area (Å²) in [5, 5.41) is 3.49. The highest BCUT2D eigenvalue weighted by Gasteiger charge is 2.21. The quantitative estimate of drug-likeness (QED) is 0.739. The fourth-order valence-electron chi connectivity index (χ4n) is 2.78. The van der Waals surface area contributed by atoms with Crippen LogP contribution in [0.2, 0.25) is 0 Å². The molecule has 112 valence electrons. The van der Waals surface area contributed by atoms with Crippen LogP contribution in [0.15, 0.2) is 24.3 Å². The molecule has 0 aromatic heterocycles. The van der Waals surface area contributed by atoms with E-state index >= 15 is 0 Å². The summed E-state index contributed by atoms with van der Waals surface area (Å²) in [6.45, 7) is 7.24. The molecule has 0 saturated carbocycles. The molecule has 4 heteroatoms. The smallest absolute Gasteiger partial charge is 0.161 e. The van der Waals surface area contributed by atoms with E-state index in [1.807, 2.05) is 24.3 Å². The Morgan fingerprint density at radius 3 is 2.85 bits per heavy atom. The second-order valence-corrected chi connectivity index (χ2v) is 5.13. The minimum Gasteiger partial charge on any atom is -0.493 e. The van der Waals surface area contributed by atoms with Gasteiger partial charge in [-0.1, -0.05) is 19.1 Å². The van der Waals surface area contributed by atoms with Crippen molar-refractivity contribution < 1.29 is 9.47 Å². The topological polar surface area (TPSA) is 33.7 Å². The van der Waals surface area contributed by atoms with Gasteiger partial charge in [0.1, 0.15) is 6.61 Å². The highest BCUT2D eigenvalue weighted by atomic mass is 16.5.